The summed E-state index contributed by atoms with van der Waals surface area (Å²) in [6, 6.07) is -3.13. The number of nitrogens with zero attached hydrogens (tertiary/aromatic N) is 2. The Hall–Kier alpha value is -2.74. The maximum absolute atomic E-state index is 14.7. The molecule has 5 amide bonds. The van der Waals surface area contributed by atoms with Crippen molar-refractivity contribution < 1.29 is 32.4 Å². The van der Waals surface area contributed by atoms with Crippen LogP contribution in [-0.2, 0) is 29.2 Å². The number of likely N-dealkylation sites (tertiary alicyclic amines) is 1. The van der Waals surface area contributed by atoms with Crippen LogP contribution in [0.4, 0.5) is 4.79 Å². The van der Waals surface area contributed by atoms with Crippen LogP contribution in [0.5, 0.6) is 0 Å². The zero-order chi connectivity index (χ0) is 37.4. The van der Waals surface area contributed by atoms with E-state index in [9.17, 15) is 32.4 Å². The Morgan fingerprint density at radius 2 is 1.42 bits per heavy atom. The molecule has 13 nitrogen and oxygen atoms in total. The van der Waals surface area contributed by atoms with E-state index >= 15 is 0 Å². The summed E-state index contributed by atoms with van der Waals surface area (Å²) in [5.41, 5.74) is -1.48. The van der Waals surface area contributed by atoms with Crippen molar-refractivity contribution in [1.29, 1.82) is 0 Å². The molecule has 4 N–H and O–H groups in total. The van der Waals surface area contributed by atoms with Crippen LogP contribution in [0.2, 0.25) is 0 Å². The first-order valence-electron chi connectivity index (χ1n) is 20.9. The monoisotopic (exact) mass is 758 g/mol. The zero-order valence-electron chi connectivity index (χ0n) is 31.7. The van der Waals surface area contributed by atoms with Crippen molar-refractivity contribution in [2.75, 3.05) is 18.8 Å². The van der Waals surface area contributed by atoms with E-state index in [4.69, 9.17) is 0 Å². The number of hydrogen-bond donors (Lipinski definition) is 4. The predicted molar refractivity (Wildman–Crippen MR) is 199 cm³/mol. The molecule has 0 unspecified atom stereocenters. The van der Waals surface area contributed by atoms with Gasteiger partial charge in [0.2, 0.25) is 27.6 Å². The van der Waals surface area contributed by atoms with Gasteiger partial charge in [-0.05, 0) is 101 Å². The number of Topliss-reactive ketones (excluding diaryl/α,β-unsaturated/α-hetero) is 1. The summed E-state index contributed by atoms with van der Waals surface area (Å²) < 4.78 is 29.7. The molecule has 1 saturated heterocycles. The fourth-order valence-corrected chi connectivity index (χ4v) is 11.6. The van der Waals surface area contributed by atoms with Gasteiger partial charge in [-0.3, -0.25) is 19.2 Å². The molecule has 0 aromatic rings. The number of rotatable bonds is 17. The summed E-state index contributed by atoms with van der Waals surface area (Å²) in [5, 5.41) is 11.8. The van der Waals surface area contributed by atoms with Gasteiger partial charge in [0.05, 0.1) is 17.3 Å². The Kier molecular flexibility index (Phi) is 11.5. The third-order valence-corrected chi connectivity index (χ3v) is 15.3. The van der Waals surface area contributed by atoms with Crippen LogP contribution < -0.4 is 21.3 Å². The number of carbonyl (C=O) groups excluding carboxylic acids is 5. The molecule has 6 saturated carbocycles. The largest absolute Gasteiger partial charge is 0.347 e. The van der Waals surface area contributed by atoms with Gasteiger partial charge in [0.1, 0.15) is 12.1 Å². The van der Waals surface area contributed by atoms with Crippen LogP contribution >= 0.6 is 0 Å². The molecule has 0 radical (unpaired) electrons. The third-order valence-electron chi connectivity index (χ3n) is 13.2. The van der Waals surface area contributed by atoms with Crippen molar-refractivity contribution in [3.63, 3.8) is 0 Å². The minimum atomic E-state index is -3.63. The van der Waals surface area contributed by atoms with Gasteiger partial charge in [0.25, 0.3) is 5.91 Å². The van der Waals surface area contributed by atoms with Gasteiger partial charge in [0, 0.05) is 25.2 Å². The second-order valence-electron chi connectivity index (χ2n) is 18.1. The number of urea groups is 1. The Morgan fingerprint density at radius 3 is 2.02 bits per heavy atom. The van der Waals surface area contributed by atoms with Crippen LogP contribution in [-0.4, -0.2) is 102 Å². The zero-order valence-corrected chi connectivity index (χ0v) is 32.5. The molecule has 53 heavy (non-hydrogen) atoms. The molecule has 0 bridgehead atoms. The average Bonchev–Trinajstić information content (AvgIpc) is 3.89. The maximum Gasteiger partial charge on any atom is 0.315 e. The van der Waals surface area contributed by atoms with Crippen molar-refractivity contribution in [1.82, 2.24) is 30.5 Å². The number of nitrogens with one attached hydrogen (secondary N) is 4. The first-order valence-corrected chi connectivity index (χ1v) is 22.5. The van der Waals surface area contributed by atoms with Crippen molar-refractivity contribution >= 4 is 39.6 Å². The summed E-state index contributed by atoms with van der Waals surface area (Å²) in [4.78, 5) is 70.2. The topological polar surface area (TPSA) is 174 Å². The van der Waals surface area contributed by atoms with Gasteiger partial charge >= 0.3 is 6.03 Å². The number of carbonyl (C=O) groups is 5. The van der Waals surface area contributed by atoms with E-state index in [1.807, 2.05) is 6.92 Å². The normalized spacial score (nSPS) is 26.7. The highest BCUT2D eigenvalue weighted by atomic mass is 32.2. The lowest BCUT2D eigenvalue weighted by Crippen LogP contribution is -2.64. The van der Waals surface area contributed by atoms with E-state index in [2.05, 4.69) is 21.3 Å². The van der Waals surface area contributed by atoms with Gasteiger partial charge in [-0.25, -0.2) is 13.2 Å². The second kappa shape index (κ2) is 15.8. The Labute approximate surface area is 315 Å². The van der Waals surface area contributed by atoms with Crippen molar-refractivity contribution in [3.8, 4) is 0 Å². The number of hydrogen-bond acceptors (Lipinski definition) is 7. The van der Waals surface area contributed by atoms with Crippen LogP contribution in [0.15, 0.2) is 0 Å². The van der Waals surface area contributed by atoms with E-state index in [1.54, 1.807) is 9.21 Å². The summed E-state index contributed by atoms with van der Waals surface area (Å²) >= 11 is 0. The minimum absolute atomic E-state index is 0.0246. The van der Waals surface area contributed by atoms with Gasteiger partial charge in [0.15, 0.2) is 0 Å². The van der Waals surface area contributed by atoms with Crippen LogP contribution in [0.25, 0.3) is 0 Å². The first-order chi connectivity index (χ1) is 25.3. The third kappa shape index (κ3) is 9.74. The fourth-order valence-electron chi connectivity index (χ4n) is 9.26. The number of amides is 5. The Balaban J connectivity index is 1.06. The molecule has 1 heterocycles. The molecule has 296 valence electrons. The fraction of sp³-hybridized carbons (Fsp3) is 0.872. The number of ketones is 1. The summed E-state index contributed by atoms with van der Waals surface area (Å²) in [5.74, 6) is -1.48. The van der Waals surface area contributed by atoms with Gasteiger partial charge in [-0.2, -0.15) is 4.31 Å². The first kappa shape index (κ1) is 38.5. The van der Waals surface area contributed by atoms with E-state index in [0.717, 1.165) is 103 Å². The van der Waals surface area contributed by atoms with Gasteiger partial charge < -0.3 is 26.2 Å². The highest BCUT2D eigenvalue weighted by molar-refractivity contribution is 7.89. The van der Waals surface area contributed by atoms with E-state index in [1.165, 1.54) is 0 Å². The quantitative estimate of drug-likeness (QED) is 0.164. The molecule has 0 aromatic heterocycles. The molecular weight excluding hydrogens is 697 g/mol. The van der Waals surface area contributed by atoms with Crippen LogP contribution in [0.1, 0.15) is 142 Å². The Bertz CT molecular complexity index is 1510. The SMILES string of the molecule is CC1([C@H](NC(=O)NC2(CS(=O)(=O)N(CC3CC3)C3CC3)CCCCC2)C(=O)N2CCC[C@H]2C(=O)N[C@@H](CC2CC2)C(=O)C(=O)NC2CC2)CCCCC1. The Morgan fingerprint density at radius 1 is 0.774 bits per heavy atom. The lowest BCUT2D eigenvalue weighted by atomic mass is 9.70. The molecule has 7 rings (SSSR count). The second-order valence-corrected chi connectivity index (χ2v) is 20.1. The lowest BCUT2D eigenvalue weighted by molar-refractivity contribution is -0.144. The highest BCUT2D eigenvalue weighted by Gasteiger charge is 2.49. The van der Waals surface area contributed by atoms with Crippen LogP contribution in [0.3, 0.4) is 0 Å². The minimum Gasteiger partial charge on any atom is -0.347 e. The molecule has 7 fully saturated rings. The lowest BCUT2D eigenvalue weighted by Gasteiger charge is -2.44. The molecule has 0 aromatic carbocycles. The predicted octanol–water partition coefficient (Wildman–Crippen LogP) is 3.66. The molecule has 3 atom stereocenters. The van der Waals surface area contributed by atoms with Crippen LogP contribution in [0, 0.1) is 17.3 Å². The molecule has 7 aliphatic rings. The number of sulfonamides is 1. The van der Waals surface area contributed by atoms with E-state index < -0.39 is 62.7 Å². The summed E-state index contributed by atoms with van der Waals surface area (Å²) in [6.45, 7) is 2.95. The molecule has 0 spiro atoms. The van der Waals surface area contributed by atoms with Crippen molar-refractivity contribution in [2.45, 2.75) is 178 Å². The summed E-state index contributed by atoms with van der Waals surface area (Å²) in [6.07, 6.45) is 17.0. The van der Waals surface area contributed by atoms with Crippen molar-refractivity contribution in [2.24, 2.45) is 17.3 Å². The highest BCUT2D eigenvalue weighted by Crippen LogP contribution is 2.42. The molecule has 14 heteroatoms. The maximum atomic E-state index is 14.7. The van der Waals surface area contributed by atoms with Gasteiger partial charge in [-0.15, -0.1) is 0 Å². The van der Waals surface area contributed by atoms with E-state index in [-0.39, 0.29) is 29.7 Å². The molecule has 6 aliphatic carbocycles. The average molecular weight is 759 g/mol. The van der Waals surface area contributed by atoms with Crippen molar-refractivity contribution in [3.05, 3.63) is 0 Å². The summed E-state index contributed by atoms with van der Waals surface area (Å²) in [7, 11) is -3.63. The standard InChI is InChI=1S/C39H62N6O7S/c1-38(18-4-2-5-19-38)33(42-37(50)43-39(20-6-3-7-21-39)25-53(51,52)45(29-16-17-29)24-27-12-13-27)36(49)44-22-8-9-31(44)34(47)41-30(23-26-10-11-26)32(46)35(48)40-28-14-15-28/h26-31,33H,2-25H2,1H3,(H,40,48)(H,41,47)(H2,42,43,50)/t30-,31-,33+/m0/s1. The smallest absolute Gasteiger partial charge is 0.315 e. The van der Waals surface area contributed by atoms with Gasteiger partial charge in [-0.1, -0.05) is 58.3 Å². The molecular formula is C39H62N6O7S. The molecule has 1 aliphatic heterocycles. The van der Waals surface area contributed by atoms with E-state index in [0.29, 0.717) is 51.1 Å².